The molecular formula is C21H23FNO3. The molecule has 2 unspecified atom stereocenters. The lowest BCUT2D eigenvalue weighted by Gasteiger charge is -2.25. The summed E-state index contributed by atoms with van der Waals surface area (Å²) < 4.78 is 13.0. The summed E-state index contributed by atoms with van der Waals surface area (Å²) in [5.41, 5.74) is 0.767. The van der Waals surface area contributed by atoms with Gasteiger partial charge in [0.25, 0.3) is 0 Å². The summed E-state index contributed by atoms with van der Waals surface area (Å²) >= 11 is 0. The first-order valence-electron chi connectivity index (χ1n) is 8.72. The second-order valence-corrected chi connectivity index (χ2v) is 6.49. The molecule has 4 nitrogen and oxygen atoms in total. The van der Waals surface area contributed by atoms with E-state index in [4.69, 9.17) is 0 Å². The van der Waals surface area contributed by atoms with E-state index in [1.165, 1.54) is 12.1 Å². The van der Waals surface area contributed by atoms with E-state index < -0.39 is 11.6 Å². The van der Waals surface area contributed by atoms with Crippen molar-refractivity contribution in [2.75, 3.05) is 6.54 Å². The minimum absolute atomic E-state index is 0.103. The molecule has 1 aromatic rings. The molecule has 1 aliphatic carbocycles. The molecule has 1 radical (unpaired) electrons. The molecule has 1 saturated heterocycles. The van der Waals surface area contributed by atoms with Crippen LogP contribution in [-0.2, 0) is 14.7 Å². The third kappa shape index (κ3) is 4.85. The minimum atomic E-state index is -0.797. The summed E-state index contributed by atoms with van der Waals surface area (Å²) in [6.07, 6.45) is 9.07. The van der Waals surface area contributed by atoms with E-state index in [9.17, 15) is 19.1 Å². The molecule has 3 rings (SSSR count). The molecule has 0 spiro atoms. The summed E-state index contributed by atoms with van der Waals surface area (Å²) in [7, 11) is 0. The van der Waals surface area contributed by atoms with Crippen LogP contribution in [0.15, 0.2) is 48.1 Å². The Labute approximate surface area is 153 Å². The first kappa shape index (κ1) is 20.0. The number of rotatable bonds is 2. The van der Waals surface area contributed by atoms with Crippen LogP contribution in [0, 0.1) is 12.7 Å². The van der Waals surface area contributed by atoms with E-state index in [0.717, 1.165) is 5.56 Å². The van der Waals surface area contributed by atoms with E-state index in [-0.39, 0.29) is 17.2 Å². The van der Waals surface area contributed by atoms with Gasteiger partial charge in [0.2, 0.25) is 0 Å². The van der Waals surface area contributed by atoms with Gasteiger partial charge in [-0.15, -0.1) is 0 Å². The molecule has 0 amide bonds. The maximum Gasteiger partial charge on any atom is 0.173 e. The molecular weight excluding hydrogens is 333 g/mol. The van der Waals surface area contributed by atoms with E-state index in [2.05, 4.69) is 5.32 Å². The van der Waals surface area contributed by atoms with Crippen molar-refractivity contribution in [1.29, 1.82) is 0 Å². The third-order valence-electron chi connectivity index (χ3n) is 4.65. The fraction of sp³-hybridized carbons (Fsp3) is 0.381. The van der Waals surface area contributed by atoms with Crippen LogP contribution in [0.5, 0.6) is 0 Å². The zero-order valence-corrected chi connectivity index (χ0v) is 15.0. The van der Waals surface area contributed by atoms with Crippen LogP contribution in [0.4, 0.5) is 4.39 Å². The lowest BCUT2D eigenvalue weighted by Crippen LogP contribution is -2.35. The van der Waals surface area contributed by atoms with Crippen LogP contribution in [0.25, 0.3) is 0 Å². The summed E-state index contributed by atoms with van der Waals surface area (Å²) in [6, 6.07) is 3.84. The number of nitrogens with one attached hydrogen (secondary N) is 1. The van der Waals surface area contributed by atoms with Crippen molar-refractivity contribution in [2.24, 2.45) is 0 Å². The van der Waals surface area contributed by atoms with Gasteiger partial charge in [0.05, 0.1) is 6.04 Å². The Morgan fingerprint density at radius 3 is 2.65 bits per heavy atom. The Kier molecular flexibility index (Phi) is 6.81. The Morgan fingerprint density at radius 2 is 2.12 bits per heavy atom. The van der Waals surface area contributed by atoms with Crippen LogP contribution < -0.4 is 5.32 Å². The molecule has 26 heavy (non-hydrogen) atoms. The molecule has 1 N–H and O–H groups in total. The maximum atomic E-state index is 13.0. The second kappa shape index (κ2) is 8.86. The van der Waals surface area contributed by atoms with Crippen LogP contribution in [0.1, 0.15) is 43.4 Å². The van der Waals surface area contributed by atoms with Crippen molar-refractivity contribution in [3.63, 3.8) is 0 Å². The van der Waals surface area contributed by atoms with E-state index in [1.54, 1.807) is 25.0 Å². The number of ketones is 1. The number of hydrogen-bond acceptors (Lipinski definition) is 3. The predicted molar refractivity (Wildman–Crippen MR) is 97.3 cm³/mol. The molecule has 0 bridgehead atoms. The number of piperidine rings is 1. The van der Waals surface area contributed by atoms with Crippen LogP contribution in [0.3, 0.4) is 0 Å². The standard InChI is InChI=1S/C13H12FNO2.C8H11O/c1-8-6-9(14)2-3-10(8)13-11(7-16)12(17)4-5-15-13;1-2-8(9)6-4-3-5-7-8/h2-3,6,13,15H,4-5H2,1H3;3-6H,2,7H2,1H3. The van der Waals surface area contributed by atoms with Crippen molar-refractivity contribution in [3.8, 4) is 0 Å². The summed E-state index contributed by atoms with van der Waals surface area (Å²) in [5.74, 6) is 1.19. The van der Waals surface area contributed by atoms with E-state index >= 15 is 0 Å². The SMILES string of the molecule is CCC1([O])C=CC=CC1.Cc1cc(F)ccc1C1NCCC(=O)C1=C=O. The maximum absolute atomic E-state index is 13.0. The van der Waals surface area contributed by atoms with Gasteiger partial charge >= 0.3 is 0 Å². The highest BCUT2D eigenvalue weighted by Crippen LogP contribution is 2.27. The highest BCUT2D eigenvalue weighted by atomic mass is 19.1. The molecule has 1 heterocycles. The van der Waals surface area contributed by atoms with Gasteiger partial charge in [-0.25, -0.2) is 14.3 Å². The molecule has 2 aliphatic rings. The van der Waals surface area contributed by atoms with Gasteiger partial charge < -0.3 is 5.32 Å². The quantitative estimate of drug-likeness (QED) is 0.651. The van der Waals surface area contributed by atoms with Crippen LogP contribution >= 0.6 is 0 Å². The van der Waals surface area contributed by atoms with E-state index in [0.29, 0.717) is 31.4 Å². The molecule has 1 fully saturated rings. The van der Waals surface area contributed by atoms with Gasteiger partial charge in [0, 0.05) is 19.4 Å². The molecule has 1 aliphatic heterocycles. The second-order valence-electron chi connectivity index (χ2n) is 6.49. The molecule has 1 aromatic carbocycles. The summed E-state index contributed by atoms with van der Waals surface area (Å²) in [5, 5.41) is 14.4. The van der Waals surface area contributed by atoms with Crippen LogP contribution in [-0.4, -0.2) is 23.9 Å². The largest absolute Gasteiger partial charge is 0.305 e. The van der Waals surface area contributed by atoms with Crippen molar-refractivity contribution >= 4 is 11.7 Å². The summed E-state index contributed by atoms with van der Waals surface area (Å²) in [6.45, 7) is 4.20. The number of benzene rings is 1. The molecule has 0 aromatic heterocycles. The van der Waals surface area contributed by atoms with Crippen molar-refractivity contribution in [2.45, 2.75) is 44.8 Å². The first-order valence-corrected chi connectivity index (χ1v) is 8.72. The Balaban J connectivity index is 0.000000228. The number of halogens is 1. The molecule has 5 heteroatoms. The van der Waals surface area contributed by atoms with Gasteiger partial charge in [-0.1, -0.05) is 31.2 Å². The van der Waals surface area contributed by atoms with Gasteiger partial charge in [-0.3, -0.25) is 4.79 Å². The van der Waals surface area contributed by atoms with Crippen LogP contribution in [0.2, 0.25) is 0 Å². The van der Waals surface area contributed by atoms with Gasteiger partial charge in [-0.05, 0) is 42.7 Å². The Morgan fingerprint density at radius 1 is 1.35 bits per heavy atom. The van der Waals surface area contributed by atoms with Gasteiger partial charge in [0.1, 0.15) is 22.9 Å². The van der Waals surface area contributed by atoms with Gasteiger partial charge in [-0.2, -0.15) is 0 Å². The molecule has 137 valence electrons. The monoisotopic (exact) mass is 356 g/mol. The number of aryl methyl sites for hydroxylation is 1. The fourth-order valence-electron chi connectivity index (χ4n) is 2.98. The average Bonchev–Trinajstić information content (AvgIpc) is 2.63. The lowest BCUT2D eigenvalue weighted by atomic mass is 9.89. The lowest BCUT2D eigenvalue weighted by molar-refractivity contribution is -0.116. The number of carbonyl (C=O) groups excluding carboxylic acids is 2. The Hall–Kier alpha value is -2.33. The average molecular weight is 356 g/mol. The topological polar surface area (TPSA) is 66.1 Å². The number of allylic oxidation sites excluding steroid dienone is 2. The number of hydrogen-bond donors (Lipinski definition) is 1. The van der Waals surface area contributed by atoms with Crippen molar-refractivity contribution in [1.82, 2.24) is 5.32 Å². The number of carbonyl (C=O) groups is 1. The van der Waals surface area contributed by atoms with E-state index in [1.807, 2.05) is 25.2 Å². The van der Waals surface area contributed by atoms with Gasteiger partial charge in [0.15, 0.2) is 5.78 Å². The minimum Gasteiger partial charge on any atom is -0.305 e. The fourth-order valence-corrected chi connectivity index (χ4v) is 2.98. The zero-order valence-electron chi connectivity index (χ0n) is 15.0. The molecule has 2 atom stereocenters. The highest BCUT2D eigenvalue weighted by molar-refractivity contribution is 6.04. The predicted octanol–water partition coefficient (Wildman–Crippen LogP) is 3.58. The van der Waals surface area contributed by atoms with Crippen molar-refractivity contribution in [3.05, 3.63) is 65.0 Å². The first-order chi connectivity index (χ1) is 12.4. The Bertz CT molecular complexity index is 777. The summed E-state index contributed by atoms with van der Waals surface area (Å²) in [4.78, 5) is 22.4. The number of Topliss-reactive ketones (excluding diaryl/α,β-unsaturated/α-hetero) is 1. The highest BCUT2D eigenvalue weighted by Gasteiger charge is 2.28. The smallest absolute Gasteiger partial charge is 0.173 e. The van der Waals surface area contributed by atoms with Crippen molar-refractivity contribution < 1.29 is 19.1 Å². The third-order valence-corrected chi connectivity index (χ3v) is 4.65. The zero-order chi connectivity index (χ0) is 19.2. The normalized spacial score (nSPS) is 24.7. The molecule has 0 saturated carbocycles.